The second kappa shape index (κ2) is 12.1. The van der Waals surface area contributed by atoms with Crippen LogP contribution in [0.3, 0.4) is 0 Å². The van der Waals surface area contributed by atoms with Crippen LogP contribution < -0.4 is 9.64 Å². The summed E-state index contributed by atoms with van der Waals surface area (Å²) in [6, 6.07) is 11.6. The van der Waals surface area contributed by atoms with Crippen LogP contribution >= 0.6 is 0 Å². The first kappa shape index (κ1) is 26.4. The highest BCUT2D eigenvalue weighted by atomic mass is 19.1. The molecule has 0 N–H and O–H groups in total. The van der Waals surface area contributed by atoms with E-state index in [1.54, 1.807) is 6.07 Å². The van der Waals surface area contributed by atoms with Crippen LogP contribution in [0.1, 0.15) is 0 Å². The van der Waals surface area contributed by atoms with E-state index in [0.29, 0.717) is 30.9 Å². The van der Waals surface area contributed by atoms with Crippen molar-refractivity contribution in [3.8, 4) is 16.9 Å². The van der Waals surface area contributed by atoms with E-state index in [-0.39, 0.29) is 12.3 Å². The van der Waals surface area contributed by atoms with Crippen molar-refractivity contribution in [3.63, 3.8) is 0 Å². The topological polar surface area (TPSA) is 51.2 Å². The third kappa shape index (κ3) is 6.58. The van der Waals surface area contributed by atoms with E-state index < -0.39 is 47.3 Å². The van der Waals surface area contributed by atoms with Crippen LogP contribution in [0.15, 0.2) is 54.6 Å². The van der Waals surface area contributed by atoms with Gasteiger partial charge in [-0.25, -0.2) is 22.4 Å². The summed E-state index contributed by atoms with van der Waals surface area (Å²) in [6.45, 7) is 2.83. The van der Waals surface area contributed by atoms with Crippen LogP contribution in [-0.2, 0) is 14.3 Å². The highest BCUT2D eigenvalue weighted by Gasteiger charge is 2.23. The predicted molar refractivity (Wildman–Crippen MR) is 130 cm³/mol. The van der Waals surface area contributed by atoms with Crippen molar-refractivity contribution in [3.05, 3.63) is 77.9 Å². The van der Waals surface area contributed by atoms with Crippen molar-refractivity contribution in [2.24, 2.45) is 0 Å². The predicted octanol–water partition coefficient (Wildman–Crippen LogP) is 4.93. The maximum absolute atomic E-state index is 15.3. The van der Waals surface area contributed by atoms with E-state index in [0.717, 1.165) is 36.2 Å². The monoisotopic (exact) mass is 518 g/mol. The fourth-order valence-electron chi connectivity index (χ4n) is 3.97. The minimum absolute atomic E-state index is 0.140. The zero-order valence-corrected chi connectivity index (χ0v) is 20.2. The molecule has 10 heteroatoms. The molecule has 4 rings (SSSR count). The molecule has 1 aliphatic rings. The normalized spacial score (nSPS) is 13.9. The van der Waals surface area contributed by atoms with Gasteiger partial charge in [0.05, 0.1) is 18.9 Å². The van der Waals surface area contributed by atoms with Gasteiger partial charge in [0.2, 0.25) is 0 Å². The number of ether oxygens (including phenoxy) is 3. The van der Waals surface area contributed by atoms with Gasteiger partial charge in [0.1, 0.15) is 29.7 Å². The van der Waals surface area contributed by atoms with Crippen LogP contribution in [0.5, 0.6) is 5.75 Å². The highest BCUT2D eigenvalue weighted by Crippen LogP contribution is 2.37. The van der Waals surface area contributed by atoms with E-state index in [2.05, 4.69) is 4.90 Å². The molecule has 0 amide bonds. The average Bonchev–Trinajstić information content (AvgIpc) is 2.89. The van der Waals surface area contributed by atoms with Gasteiger partial charge in [0.25, 0.3) is 0 Å². The minimum Gasteiger partial charge on any atom is -0.479 e. The third-order valence-corrected chi connectivity index (χ3v) is 5.95. The zero-order chi connectivity index (χ0) is 26.4. The molecule has 0 spiro atoms. The van der Waals surface area contributed by atoms with Gasteiger partial charge in [-0.3, -0.25) is 4.90 Å². The number of hydrogen-bond acceptors (Lipinski definition) is 6. The molecule has 1 fully saturated rings. The molecule has 1 aliphatic heterocycles. The molecule has 1 heterocycles. The summed E-state index contributed by atoms with van der Waals surface area (Å²) >= 11 is 0. The Balaban J connectivity index is 1.46. The average molecular weight is 519 g/mol. The number of anilines is 2. The van der Waals surface area contributed by atoms with E-state index >= 15 is 4.39 Å². The van der Waals surface area contributed by atoms with Gasteiger partial charge < -0.3 is 19.1 Å². The molecule has 196 valence electrons. The van der Waals surface area contributed by atoms with Gasteiger partial charge >= 0.3 is 5.97 Å². The van der Waals surface area contributed by atoms with Crippen molar-refractivity contribution < 1.29 is 36.6 Å². The fourth-order valence-corrected chi connectivity index (χ4v) is 3.97. The first-order valence-electron chi connectivity index (χ1n) is 11.7. The van der Waals surface area contributed by atoms with Crippen molar-refractivity contribution in [2.75, 3.05) is 58.0 Å². The lowest BCUT2D eigenvalue weighted by Crippen LogP contribution is -2.38. The number of carbonyl (C=O) groups excluding carboxylic acids is 1. The van der Waals surface area contributed by atoms with E-state index in [9.17, 15) is 18.0 Å². The summed E-state index contributed by atoms with van der Waals surface area (Å²) in [5.74, 6) is -4.39. The molecule has 1 saturated heterocycles. The zero-order valence-electron chi connectivity index (χ0n) is 20.2. The van der Waals surface area contributed by atoms with Crippen LogP contribution in [0, 0.1) is 23.3 Å². The van der Waals surface area contributed by atoms with Gasteiger partial charge in [0.15, 0.2) is 18.2 Å². The van der Waals surface area contributed by atoms with Crippen LogP contribution in [-0.4, -0.2) is 64.0 Å². The van der Waals surface area contributed by atoms with Gasteiger partial charge in [-0.15, -0.1) is 0 Å². The number of halogens is 4. The Kier molecular flexibility index (Phi) is 8.62. The molecule has 0 unspecified atom stereocenters. The number of morpholine rings is 1. The fraction of sp³-hybridized carbons (Fsp3) is 0.296. The first-order chi connectivity index (χ1) is 17.8. The largest absolute Gasteiger partial charge is 0.479 e. The lowest BCUT2D eigenvalue weighted by atomic mass is 10.0. The smallest absolute Gasteiger partial charge is 0.344 e. The Morgan fingerprint density at radius 2 is 1.70 bits per heavy atom. The lowest BCUT2D eigenvalue weighted by Gasteiger charge is -2.26. The van der Waals surface area contributed by atoms with Crippen LogP contribution in [0.25, 0.3) is 11.1 Å². The summed E-state index contributed by atoms with van der Waals surface area (Å²) < 4.78 is 74.0. The molecule has 6 nitrogen and oxygen atoms in total. The standard InChI is InChI=1S/C27H26F4N2O4/c1-32(23-16-19(5-6-21(23)29)18-3-2-4-20(28)15-18)27-22(30)7-8-24(26(27)31)37-17-25(34)36-14-11-33-9-12-35-13-10-33/h2-8,15-16H,9-14,17H2,1H3. The third-order valence-electron chi connectivity index (χ3n) is 5.95. The van der Waals surface area contributed by atoms with Crippen molar-refractivity contribution in [1.29, 1.82) is 0 Å². The molecule has 0 aliphatic carbocycles. The van der Waals surface area contributed by atoms with Gasteiger partial charge in [-0.2, -0.15) is 0 Å². The van der Waals surface area contributed by atoms with Crippen molar-refractivity contribution in [2.45, 2.75) is 0 Å². The quantitative estimate of drug-likeness (QED) is 0.296. The summed E-state index contributed by atoms with van der Waals surface area (Å²) in [4.78, 5) is 15.1. The number of benzene rings is 3. The Morgan fingerprint density at radius 1 is 0.973 bits per heavy atom. The summed E-state index contributed by atoms with van der Waals surface area (Å²) in [7, 11) is 1.29. The maximum atomic E-state index is 15.3. The Bertz CT molecular complexity index is 1250. The number of hydrogen-bond donors (Lipinski definition) is 0. The second-order valence-corrected chi connectivity index (χ2v) is 8.41. The van der Waals surface area contributed by atoms with E-state index in [4.69, 9.17) is 14.2 Å². The lowest BCUT2D eigenvalue weighted by molar-refractivity contribution is -0.146. The molecule has 0 bridgehead atoms. The molecular formula is C27H26F4N2O4. The molecule has 0 atom stereocenters. The Morgan fingerprint density at radius 3 is 2.46 bits per heavy atom. The van der Waals surface area contributed by atoms with Crippen LogP contribution in [0.4, 0.5) is 28.9 Å². The Hall–Kier alpha value is -3.63. The maximum Gasteiger partial charge on any atom is 0.344 e. The van der Waals surface area contributed by atoms with Crippen molar-refractivity contribution in [1.82, 2.24) is 4.90 Å². The summed E-state index contributed by atoms with van der Waals surface area (Å²) in [6.07, 6.45) is 0. The molecule has 3 aromatic carbocycles. The number of esters is 1. The number of carbonyl (C=O) groups is 1. The minimum atomic E-state index is -1.11. The van der Waals surface area contributed by atoms with Crippen LogP contribution in [0.2, 0.25) is 0 Å². The highest BCUT2D eigenvalue weighted by molar-refractivity contribution is 5.74. The van der Waals surface area contributed by atoms with E-state index in [1.165, 1.54) is 37.4 Å². The number of rotatable bonds is 9. The molecule has 37 heavy (non-hydrogen) atoms. The molecule has 3 aromatic rings. The van der Waals surface area contributed by atoms with Crippen molar-refractivity contribution >= 4 is 17.3 Å². The molecule has 0 radical (unpaired) electrons. The van der Waals surface area contributed by atoms with Gasteiger partial charge in [-0.05, 0) is 47.5 Å². The first-order valence-corrected chi connectivity index (χ1v) is 11.7. The SMILES string of the molecule is CN(c1cc(-c2cccc(F)c2)ccc1F)c1c(F)ccc(OCC(=O)OCCN2CCOCC2)c1F. The number of nitrogens with zero attached hydrogens (tertiary/aromatic N) is 2. The Labute approximate surface area is 212 Å². The van der Waals surface area contributed by atoms with E-state index in [1.807, 2.05) is 0 Å². The molecule has 0 saturated carbocycles. The molecule has 0 aromatic heterocycles. The van der Waals surface area contributed by atoms with Gasteiger partial charge in [0, 0.05) is 26.7 Å². The molecular weight excluding hydrogens is 492 g/mol. The van der Waals surface area contributed by atoms with Gasteiger partial charge in [-0.1, -0.05) is 18.2 Å². The summed E-state index contributed by atoms with van der Waals surface area (Å²) in [5, 5.41) is 0. The summed E-state index contributed by atoms with van der Waals surface area (Å²) in [5.41, 5.74) is 0.211. The second-order valence-electron chi connectivity index (χ2n) is 8.41.